The lowest BCUT2D eigenvalue weighted by Crippen LogP contribution is -2.31. The highest BCUT2D eigenvalue weighted by atomic mass is 15.3. The van der Waals surface area contributed by atoms with Crippen molar-refractivity contribution in [1.29, 1.82) is 0 Å². The summed E-state index contributed by atoms with van der Waals surface area (Å²) >= 11 is 0. The van der Waals surface area contributed by atoms with Crippen molar-refractivity contribution in [2.75, 3.05) is 0 Å². The molecule has 1 unspecified atom stereocenters. The van der Waals surface area contributed by atoms with Gasteiger partial charge in [-0.1, -0.05) is 13.8 Å². The Labute approximate surface area is 119 Å². The van der Waals surface area contributed by atoms with E-state index in [1.807, 2.05) is 16.9 Å². The summed E-state index contributed by atoms with van der Waals surface area (Å²) in [6.07, 6.45) is 8.31. The van der Waals surface area contributed by atoms with Gasteiger partial charge in [-0.2, -0.15) is 5.10 Å². The normalized spacial score (nSPS) is 12.8. The summed E-state index contributed by atoms with van der Waals surface area (Å²) in [5, 5.41) is 4.63. The number of aromatic nitrogens is 4. The van der Waals surface area contributed by atoms with Crippen LogP contribution in [0.2, 0.25) is 0 Å². The van der Waals surface area contributed by atoms with Crippen LogP contribution in [0.15, 0.2) is 30.7 Å². The van der Waals surface area contributed by atoms with E-state index >= 15 is 0 Å². The predicted octanol–water partition coefficient (Wildman–Crippen LogP) is 1.78. The minimum absolute atomic E-state index is 0.124. The lowest BCUT2D eigenvalue weighted by molar-refractivity contribution is 0.421. The number of hydrazine groups is 1. The van der Waals surface area contributed by atoms with Gasteiger partial charge in [0.2, 0.25) is 0 Å². The molecule has 0 radical (unpaired) electrons. The van der Waals surface area contributed by atoms with Crippen LogP contribution in [-0.2, 0) is 6.42 Å². The topological polar surface area (TPSA) is 81.7 Å². The second kappa shape index (κ2) is 7.12. The van der Waals surface area contributed by atoms with E-state index in [0.29, 0.717) is 18.3 Å². The quantitative estimate of drug-likeness (QED) is 0.594. The summed E-state index contributed by atoms with van der Waals surface area (Å²) in [5.74, 6) is 6.29. The first-order valence-corrected chi connectivity index (χ1v) is 7.05. The van der Waals surface area contributed by atoms with Gasteiger partial charge in [0.25, 0.3) is 0 Å². The molecule has 108 valence electrons. The maximum absolute atomic E-state index is 5.61. The third kappa shape index (κ3) is 3.40. The van der Waals surface area contributed by atoms with Crippen molar-refractivity contribution < 1.29 is 0 Å². The minimum atomic E-state index is -0.124. The zero-order chi connectivity index (χ0) is 14.4. The van der Waals surface area contributed by atoms with Crippen molar-refractivity contribution in [3.8, 4) is 0 Å². The highest BCUT2D eigenvalue weighted by Crippen LogP contribution is 2.17. The third-order valence-corrected chi connectivity index (χ3v) is 3.49. The molecule has 0 aliphatic carbocycles. The Kier molecular flexibility index (Phi) is 5.20. The van der Waals surface area contributed by atoms with Gasteiger partial charge in [0, 0.05) is 25.0 Å². The smallest absolute Gasteiger partial charge is 0.146 e. The maximum Gasteiger partial charge on any atom is 0.146 e. The Hall–Kier alpha value is -1.79. The molecule has 2 rings (SSSR count). The van der Waals surface area contributed by atoms with Crippen molar-refractivity contribution in [3.63, 3.8) is 0 Å². The van der Waals surface area contributed by atoms with Crippen molar-refractivity contribution in [2.24, 2.45) is 5.84 Å². The zero-order valence-electron chi connectivity index (χ0n) is 12.0. The van der Waals surface area contributed by atoms with E-state index in [0.717, 1.165) is 18.5 Å². The lowest BCUT2D eigenvalue weighted by atomic mass is 10.1. The van der Waals surface area contributed by atoms with Crippen LogP contribution >= 0.6 is 0 Å². The molecule has 0 spiro atoms. The Bertz CT molecular complexity index is 505. The Balaban J connectivity index is 2.09. The summed E-state index contributed by atoms with van der Waals surface area (Å²) in [7, 11) is 0. The van der Waals surface area contributed by atoms with Crippen LogP contribution in [0.3, 0.4) is 0 Å². The first kappa shape index (κ1) is 14.6. The van der Waals surface area contributed by atoms with E-state index in [-0.39, 0.29) is 6.04 Å². The third-order valence-electron chi connectivity index (χ3n) is 3.49. The summed E-state index contributed by atoms with van der Waals surface area (Å²) in [4.78, 5) is 8.46. The SMILES string of the molecule is CCC(CC)n1ccc(CC(NN)c2ncccn2)n1. The largest absolute Gasteiger partial charge is 0.271 e. The van der Waals surface area contributed by atoms with Crippen LogP contribution in [-0.4, -0.2) is 19.7 Å². The predicted molar refractivity (Wildman–Crippen MR) is 77.6 cm³/mol. The standard InChI is InChI=1S/C14H22N6/c1-3-12(4-2)20-9-6-11(19-20)10-13(18-15)14-16-7-5-8-17-14/h5-9,12-13,18H,3-4,10,15H2,1-2H3. The van der Waals surface area contributed by atoms with Crippen molar-refractivity contribution in [1.82, 2.24) is 25.2 Å². The van der Waals surface area contributed by atoms with Crippen LogP contribution in [0.1, 0.15) is 50.3 Å². The molecular formula is C14H22N6. The Morgan fingerprint density at radius 1 is 1.25 bits per heavy atom. The summed E-state index contributed by atoms with van der Waals surface area (Å²) in [6.45, 7) is 4.36. The molecule has 1 atom stereocenters. The maximum atomic E-state index is 5.61. The van der Waals surface area contributed by atoms with Gasteiger partial charge in [0.05, 0.1) is 17.8 Å². The molecule has 0 aromatic carbocycles. The average Bonchev–Trinajstić information content (AvgIpc) is 2.95. The molecule has 0 saturated heterocycles. The van der Waals surface area contributed by atoms with Gasteiger partial charge < -0.3 is 0 Å². The van der Waals surface area contributed by atoms with Crippen LogP contribution in [0.4, 0.5) is 0 Å². The molecule has 0 aliphatic heterocycles. The van der Waals surface area contributed by atoms with Gasteiger partial charge in [-0.05, 0) is 25.0 Å². The van der Waals surface area contributed by atoms with Gasteiger partial charge in [-0.3, -0.25) is 10.5 Å². The summed E-state index contributed by atoms with van der Waals surface area (Å²) in [5.41, 5.74) is 3.75. The molecule has 6 heteroatoms. The van der Waals surface area contributed by atoms with Gasteiger partial charge in [-0.15, -0.1) is 0 Å². The monoisotopic (exact) mass is 274 g/mol. The molecular weight excluding hydrogens is 252 g/mol. The van der Waals surface area contributed by atoms with Crippen molar-refractivity contribution in [2.45, 2.75) is 45.2 Å². The van der Waals surface area contributed by atoms with Gasteiger partial charge in [0.1, 0.15) is 5.82 Å². The molecule has 0 amide bonds. The second-order valence-corrected chi connectivity index (χ2v) is 4.79. The number of nitrogens with two attached hydrogens (primary N) is 1. The van der Waals surface area contributed by atoms with E-state index in [1.54, 1.807) is 18.5 Å². The number of hydrogen-bond acceptors (Lipinski definition) is 5. The Morgan fingerprint density at radius 2 is 1.95 bits per heavy atom. The molecule has 2 aromatic rings. The van der Waals surface area contributed by atoms with E-state index in [9.17, 15) is 0 Å². The van der Waals surface area contributed by atoms with Gasteiger partial charge in [0.15, 0.2) is 0 Å². The fourth-order valence-electron chi connectivity index (χ4n) is 2.28. The second-order valence-electron chi connectivity index (χ2n) is 4.79. The van der Waals surface area contributed by atoms with Gasteiger partial charge in [-0.25, -0.2) is 15.4 Å². The summed E-state index contributed by atoms with van der Waals surface area (Å²) < 4.78 is 2.04. The Morgan fingerprint density at radius 3 is 2.55 bits per heavy atom. The molecule has 20 heavy (non-hydrogen) atoms. The van der Waals surface area contributed by atoms with Crippen molar-refractivity contribution >= 4 is 0 Å². The fraction of sp³-hybridized carbons (Fsp3) is 0.500. The lowest BCUT2D eigenvalue weighted by Gasteiger charge is -2.14. The zero-order valence-corrected chi connectivity index (χ0v) is 12.0. The van der Waals surface area contributed by atoms with Crippen LogP contribution in [0.25, 0.3) is 0 Å². The molecule has 6 nitrogen and oxygen atoms in total. The molecule has 2 aromatic heterocycles. The molecule has 2 heterocycles. The molecule has 0 aliphatic rings. The highest BCUT2D eigenvalue weighted by Gasteiger charge is 2.15. The van der Waals surface area contributed by atoms with Crippen molar-refractivity contribution in [3.05, 3.63) is 42.2 Å². The molecule has 0 saturated carbocycles. The first-order valence-electron chi connectivity index (χ1n) is 7.05. The first-order chi connectivity index (χ1) is 9.78. The average molecular weight is 274 g/mol. The number of hydrogen-bond donors (Lipinski definition) is 2. The van der Waals surface area contributed by atoms with Crippen LogP contribution in [0.5, 0.6) is 0 Å². The molecule has 0 fully saturated rings. The van der Waals surface area contributed by atoms with Crippen LogP contribution < -0.4 is 11.3 Å². The van der Waals surface area contributed by atoms with E-state index < -0.39 is 0 Å². The van der Waals surface area contributed by atoms with Crippen LogP contribution in [0, 0.1) is 0 Å². The van der Waals surface area contributed by atoms with E-state index in [2.05, 4.69) is 34.3 Å². The number of nitrogens with one attached hydrogen (secondary N) is 1. The van der Waals surface area contributed by atoms with Gasteiger partial charge >= 0.3 is 0 Å². The highest BCUT2D eigenvalue weighted by molar-refractivity contribution is 5.06. The van der Waals surface area contributed by atoms with E-state index in [1.165, 1.54) is 0 Å². The summed E-state index contributed by atoms with van der Waals surface area (Å²) in [6, 6.07) is 4.16. The fourth-order valence-corrected chi connectivity index (χ4v) is 2.28. The van der Waals surface area contributed by atoms with E-state index in [4.69, 9.17) is 5.84 Å². The molecule has 3 N–H and O–H groups in total. The number of rotatable bonds is 7. The minimum Gasteiger partial charge on any atom is -0.271 e. The molecule has 0 bridgehead atoms. The number of nitrogens with zero attached hydrogens (tertiary/aromatic N) is 4.